The lowest BCUT2D eigenvalue weighted by Gasteiger charge is -2.07. The summed E-state index contributed by atoms with van der Waals surface area (Å²) in [6, 6.07) is 7.88. The smallest absolute Gasteiger partial charge is 0.327 e. The van der Waals surface area contributed by atoms with Crippen LogP contribution in [0.1, 0.15) is 5.56 Å². The normalized spacial score (nSPS) is 10.6. The van der Waals surface area contributed by atoms with Gasteiger partial charge in [-0.3, -0.25) is 4.57 Å². The Morgan fingerprint density at radius 2 is 1.95 bits per heavy atom. The molecule has 0 atom stereocenters. The van der Waals surface area contributed by atoms with Crippen molar-refractivity contribution in [1.82, 2.24) is 9.13 Å². The van der Waals surface area contributed by atoms with E-state index in [2.05, 4.69) is 0 Å². The Kier molecular flexibility index (Phi) is 4.41. The van der Waals surface area contributed by atoms with Gasteiger partial charge in [-0.2, -0.15) is 0 Å². The van der Waals surface area contributed by atoms with Crippen LogP contribution < -0.4 is 16.2 Å². The third kappa shape index (κ3) is 3.48. The molecule has 1 heterocycles. The van der Waals surface area contributed by atoms with Crippen LogP contribution in [0.5, 0.6) is 5.75 Å². The minimum Gasteiger partial charge on any atom is -0.492 e. The largest absolute Gasteiger partial charge is 0.492 e. The summed E-state index contributed by atoms with van der Waals surface area (Å²) in [6.07, 6.45) is 4.37. The summed E-state index contributed by atoms with van der Waals surface area (Å²) in [5, 5.41) is 0. The number of benzene rings is 1. The standard InChI is InChI=1S/C14H19N3O2/c1-16-8-9-17(14(16)18)10-11-19-13-4-2-12(3-5-13)6-7-15/h2-5,8-9H,6-7,10-11,15H2,1H3. The van der Waals surface area contributed by atoms with Gasteiger partial charge in [-0.15, -0.1) is 0 Å². The molecule has 0 radical (unpaired) electrons. The minimum atomic E-state index is -0.0260. The lowest BCUT2D eigenvalue weighted by Crippen LogP contribution is -2.24. The van der Waals surface area contributed by atoms with Crippen LogP contribution in [0.25, 0.3) is 0 Å². The summed E-state index contributed by atoms with van der Waals surface area (Å²) in [4.78, 5) is 11.6. The highest BCUT2D eigenvalue weighted by Gasteiger charge is 2.00. The van der Waals surface area contributed by atoms with Crippen LogP contribution in [0.3, 0.4) is 0 Å². The molecule has 1 aromatic carbocycles. The highest BCUT2D eigenvalue weighted by Crippen LogP contribution is 2.12. The van der Waals surface area contributed by atoms with Gasteiger partial charge in [-0.05, 0) is 30.7 Å². The molecule has 5 heteroatoms. The van der Waals surface area contributed by atoms with E-state index in [0.717, 1.165) is 12.2 Å². The minimum absolute atomic E-state index is 0.0260. The highest BCUT2D eigenvalue weighted by molar-refractivity contribution is 5.27. The number of hydrogen-bond acceptors (Lipinski definition) is 3. The van der Waals surface area contributed by atoms with Crippen molar-refractivity contribution in [3.05, 3.63) is 52.7 Å². The molecule has 0 bridgehead atoms. The highest BCUT2D eigenvalue weighted by atomic mass is 16.5. The predicted octanol–water partition coefficient (Wildman–Crippen LogP) is 0.767. The zero-order chi connectivity index (χ0) is 13.7. The number of aryl methyl sites for hydroxylation is 1. The lowest BCUT2D eigenvalue weighted by atomic mass is 10.1. The van der Waals surface area contributed by atoms with Crippen LogP contribution in [-0.4, -0.2) is 22.3 Å². The number of rotatable bonds is 6. The first-order chi connectivity index (χ1) is 9.20. The fourth-order valence-corrected chi connectivity index (χ4v) is 1.86. The van der Waals surface area contributed by atoms with E-state index in [-0.39, 0.29) is 5.69 Å². The molecule has 2 aromatic rings. The summed E-state index contributed by atoms with van der Waals surface area (Å²) < 4.78 is 8.78. The molecule has 102 valence electrons. The van der Waals surface area contributed by atoms with E-state index in [1.807, 2.05) is 24.3 Å². The monoisotopic (exact) mass is 261 g/mol. The van der Waals surface area contributed by atoms with Gasteiger partial charge in [0.15, 0.2) is 0 Å². The first kappa shape index (κ1) is 13.4. The third-order valence-corrected chi connectivity index (χ3v) is 2.97. The molecule has 19 heavy (non-hydrogen) atoms. The van der Waals surface area contributed by atoms with Gasteiger partial charge in [-0.25, -0.2) is 4.79 Å². The van der Waals surface area contributed by atoms with Crippen LogP contribution in [0, 0.1) is 0 Å². The van der Waals surface area contributed by atoms with Crippen molar-refractivity contribution >= 4 is 0 Å². The van der Waals surface area contributed by atoms with E-state index < -0.39 is 0 Å². The lowest BCUT2D eigenvalue weighted by molar-refractivity contribution is 0.296. The van der Waals surface area contributed by atoms with Gasteiger partial charge < -0.3 is 15.0 Å². The summed E-state index contributed by atoms with van der Waals surface area (Å²) in [5.74, 6) is 0.810. The van der Waals surface area contributed by atoms with Gasteiger partial charge in [0.05, 0.1) is 6.54 Å². The van der Waals surface area contributed by atoms with Crippen molar-refractivity contribution < 1.29 is 4.74 Å². The molecule has 2 rings (SSSR count). The molecule has 0 aliphatic rings. The zero-order valence-electron chi connectivity index (χ0n) is 11.1. The van der Waals surface area contributed by atoms with Gasteiger partial charge >= 0.3 is 5.69 Å². The fraction of sp³-hybridized carbons (Fsp3) is 0.357. The fourth-order valence-electron chi connectivity index (χ4n) is 1.86. The van der Waals surface area contributed by atoms with Gasteiger partial charge in [0, 0.05) is 19.4 Å². The molecule has 0 unspecified atom stereocenters. The average Bonchev–Trinajstić information content (AvgIpc) is 2.73. The molecule has 0 fully saturated rings. The molecular weight excluding hydrogens is 242 g/mol. The summed E-state index contributed by atoms with van der Waals surface area (Å²) in [5.41, 5.74) is 6.67. The molecule has 0 saturated carbocycles. The van der Waals surface area contributed by atoms with Crippen LogP contribution in [0.2, 0.25) is 0 Å². The van der Waals surface area contributed by atoms with Crippen molar-refractivity contribution in [2.24, 2.45) is 12.8 Å². The number of nitrogens with two attached hydrogens (primary N) is 1. The molecule has 0 amide bonds. The second-order valence-electron chi connectivity index (χ2n) is 4.42. The number of aromatic nitrogens is 2. The molecule has 0 aliphatic heterocycles. The SMILES string of the molecule is Cn1ccn(CCOc2ccc(CCN)cc2)c1=O. The zero-order valence-corrected chi connectivity index (χ0v) is 11.1. The van der Waals surface area contributed by atoms with Crippen LogP contribution in [0.15, 0.2) is 41.5 Å². The van der Waals surface area contributed by atoms with Crippen molar-refractivity contribution in [2.75, 3.05) is 13.2 Å². The Hall–Kier alpha value is -2.01. The Morgan fingerprint density at radius 3 is 2.53 bits per heavy atom. The van der Waals surface area contributed by atoms with E-state index in [0.29, 0.717) is 19.7 Å². The predicted molar refractivity (Wildman–Crippen MR) is 74.4 cm³/mol. The van der Waals surface area contributed by atoms with E-state index in [9.17, 15) is 4.79 Å². The topological polar surface area (TPSA) is 62.2 Å². The molecular formula is C14H19N3O2. The number of nitrogens with zero attached hydrogens (tertiary/aromatic N) is 2. The van der Waals surface area contributed by atoms with Crippen molar-refractivity contribution in [3.63, 3.8) is 0 Å². The number of imidazole rings is 1. The average molecular weight is 261 g/mol. The molecule has 0 spiro atoms. The Morgan fingerprint density at radius 1 is 1.21 bits per heavy atom. The van der Waals surface area contributed by atoms with Crippen LogP contribution >= 0.6 is 0 Å². The summed E-state index contributed by atoms with van der Waals surface area (Å²) >= 11 is 0. The maximum atomic E-state index is 11.6. The van der Waals surface area contributed by atoms with Gasteiger partial charge in [0.25, 0.3) is 0 Å². The van der Waals surface area contributed by atoms with Crippen molar-refractivity contribution in [2.45, 2.75) is 13.0 Å². The first-order valence-corrected chi connectivity index (χ1v) is 6.34. The summed E-state index contributed by atoms with van der Waals surface area (Å²) in [6.45, 7) is 1.67. The molecule has 1 aromatic heterocycles. The maximum absolute atomic E-state index is 11.6. The van der Waals surface area contributed by atoms with Gasteiger partial charge in [0.2, 0.25) is 0 Å². The molecule has 5 nitrogen and oxygen atoms in total. The second-order valence-corrected chi connectivity index (χ2v) is 4.42. The van der Waals surface area contributed by atoms with Crippen LogP contribution in [-0.2, 0) is 20.0 Å². The first-order valence-electron chi connectivity index (χ1n) is 6.34. The van der Waals surface area contributed by atoms with Gasteiger partial charge in [0.1, 0.15) is 12.4 Å². The Bertz CT molecular complexity index is 569. The maximum Gasteiger partial charge on any atom is 0.327 e. The van der Waals surface area contributed by atoms with Crippen LogP contribution in [0.4, 0.5) is 0 Å². The summed E-state index contributed by atoms with van der Waals surface area (Å²) in [7, 11) is 1.73. The van der Waals surface area contributed by atoms with E-state index in [1.165, 1.54) is 5.56 Å². The molecule has 2 N–H and O–H groups in total. The van der Waals surface area contributed by atoms with E-state index >= 15 is 0 Å². The van der Waals surface area contributed by atoms with Crippen molar-refractivity contribution in [1.29, 1.82) is 0 Å². The quantitative estimate of drug-likeness (QED) is 0.835. The van der Waals surface area contributed by atoms with E-state index in [4.69, 9.17) is 10.5 Å². The number of ether oxygens (including phenoxy) is 1. The third-order valence-electron chi connectivity index (χ3n) is 2.97. The van der Waals surface area contributed by atoms with Gasteiger partial charge in [-0.1, -0.05) is 12.1 Å². The van der Waals surface area contributed by atoms with E-state index in [1.54, 1.807) is 28.6 Å². The Balaban J connectivity index is 1.85. The Labute approximate surface area is 112 Å². The molecule has 0 aliphatic carbocycles. The van der Waals surface area contributed by atoms with Crippen molar-refractivity contribution in [3.8, 4) is 5.75 Å². The number of hydrogen-bond donors (Lipinski definition) is 1. The second kappa shape index (κ2) is 6.24. The molecule has 0 saturated heterocycles.